The van der Waals surface area contributed by atoms with Crippen molar-refractivity contribution < 1.29 is 9.90 Å². The minimum atomic E-state index is -0.871. The molecule has 0 aromatic heterocycles. The number of benzene rings is 2. The minimum Gasteiger partial charge on any atom is -0.478 e. The molecule has 186 valence electrons. The SMILES string of the molecule is CC(C)/C(=C\c1ccccc1)[C@@H]1C[C@H]1NC1CCC(NCc2ccc(C(=O)O)cc2)CC1.Cl.Cl. The normalized spacial score (nSPS) is 24.1. The first-order valence-corrected chi connectivity index (χ1v) is 12.1. The first-order chi connectivity index (χ1) is 15.5. The Morgan fingerprint density at radius 2 is 1.59 bits per heavy atom. The fourth-order valence-electron chi connectivity index (χ4n) is 4.99. The Bertz CT molecular complexity index is 923. The Labute approximate surface area is 216 Å². The molecule has 0 bridgehead atoms. The summed E-state index contributed by atoms with van der Waals surface area (Å²) < 4.78 is 0. The summed E-state index contributed by atoms with van der Waals surface area (Å²) in [7, 11) is 0. The van der Waals surface area contributed by atoms with Gasteiger partial charge in [0.2, 0.25) is 0 Å². The van der Waals surface area contributed by atoms with Crippen LogP contribution in [-0.4, -0.2) is 29.2 Å². The highest BCUT2D eigenvalue weighted by Crippen LogP contribution is 2.42. The van der Waals surface area contributed by atoms with Gasteiger partial charge in [0.1, 0.15) is 0 Å². The number of carboxylic acids is 1. The van der Waals surface area contributed by atoms with Gasteiger partial charge in [-0.2, -0.15) is 0 Å². The summed E-state index contributed by atoms with van der Waals surface area (Å²) in [6.07, 6.45) is 8.50. The number of carbonyl (C=O) groups is 1. The van der Waals surface area contributed by atoms with Crippen LogP contribution in [0.5, 0.6) is 0 Å². The Morgan fingerprint density at radius 3 is 2.18 bits per heavy atom. The van der Waals surface area contributed by atoms with Crippen LogP contribution in [0.4, 0.5) is 0 Å². The number of nitrogens with one attached hydrogen (secondary N) is 2. The number of hydrogen-bond donors (Lipinski definition) is 3. The van der Waals surface area contributed by atoms with Gasteiger partial charge in [0.15, 0.2) is 0 Å². The van der Waals surface area contributed by atoms with Crippen molar-refractivity contribution in [3.05, 3.63) is 76.9 Å². The molecule has 2 saturated carbocycles. The second kappa shape index (κ2) is 13.3. The second-order valence-corrected chi connectivity index (χ2v) is 9.76. The zero-order chi connectivity index (χ0) is 22.5. The zero-order valence-corrected chi connectivity index (χ0v) is 21.7. The van der Waals surface area contributed by atoms with Crippen molar-refractivity contribution in [2.24, 2.45) is 11.8 Å². The summed E-state index contributed by atoms with van der Waals surface area (Å²) in [5.74, 6) is 0.389. The van der Waals surface area contributed by atoms with E-state index < -0.39 is 5.97 Å². The smallest absolute Gasteiger partial charge is 0.335 e. The van der Waals surface area contributed by atoms with Crippen LogP contribution in [0, 0.1) is 11.8 Å². The molecule has 3 N–H and O–H groups in total. The van der Waals surface area contributed by atoms with E-state index in [1.54, 1.807) is 17.7 Å². The Kier molecular flexibility index (Phi) is 11.1. The molecule has 4 rings (SSSR count). The van der Waals surface area contributed by atoms with Crippen LogP contribution >= 0.6 is 24.8 Å². The van der Waals surface area contributed by atoms with Crippen LogP contribution in [-0.2, 0) is 6.54 Å². The standard InChI is InChI=1S/C28H36N2O2.2ClH/c1-19(2)25(16-20-6-4-3-5-7-20)26-17-27(26)30-24-14-12-23(13-15-24)29-18-21-8-10-22(11-9-21)28(31)32;;/h3-11,16,19,23-24,26-27,29-30H,12-15,17-18H2,1-2H3,(H,31,32);2*1H/b25-16+;;/t23?,24?,26-,27+;;/m0../s1. The molecule has 2 atom stereocenters. The Hall–Kier alpha value is -1.85. The third-order valence-corrected chi connectivity index (χ3v) is 6.99. The van der Waals surface area contributed by atoms with E-state index in [1.165, 1.54) is 37.7 Å². The van der Waals surface area contributed by atoms with E-state index in [4.69, 9.17) is 5.11 Å². The van der Waals surface area contributed by atoms with Crippen LogP contribution in [0.1, 0.15) is 67.4 Å². The van der Waals surface area contributed by atoms with Gasteiger partial charge in [-0.3, -0.25) is 0 Å². The van der Waals surface area contributed by atoms with Crippen LogP contribution < -0.4 is 10.6 Å². The van der Waals surface area contributed by atoms with E-state index in [1.807, 2.05) is 12.1 Å². The molecule has 0 heterocycles. The Balaban J connectivity index is 0.00000204. The lowest BCUT2D eigenvalue weighted by Gasteiger charge is -2.30. The molecule has 2 aromatic rings. The minimum absolute atomic E-state index is 0. The summed E-state index contributed by atoms with van der Waals surface area (Å²) in [6, 6.07) is 19.7. The predicted molar refractivity (Wildman–Crippen MR) is 145 cm³/mol. The summed E-state index contributed by atoms with van der Waals surface area (Å²) in [4.78, 5) is 11.0. The molecule has 0 unspecified atom stereocenters. The highest BCUT2D eigenvalue weighted by atomic mass is 35.5. The monoisotopic (exact) mass is 504 g/mol. The van der Waals surface area contributed by atoms with E-state index in [9.17, 15) is 4.79 Å². The number of aromatic carboxylic acids is 1. The van der Waals surface area contributed by atoms with E-state index in [0.29, 0.717) is 35.5 Å². The van der Waals surface area contributed by atoms with Crippen LogP contribution in [0.3, 0.4) is 0 Å². The molecule has 0 radical (unpaired) electrons. The quantitative estimate of drug-likeness (QED) is 0.372. The molecule has 2 aliphatic rings. The van der Waals surface area contributed by atoms with Gasteiger partial charge in [-0.25, -0.2) is 4.79 Å². The fourth-order valence-corrected chi connectivity index (χ4v) is 4.99. The van der Waals surface area contributed by atoms with E-state index >= 15 is 0 Å². The van der Waals surface area contributed by atoms with E-state index in [-0.39, 0.29) is 24.8 Å². The molecule has 2 aliphatic carbocycles. The maximum atomic E-state index is 11.0. The predicted octanol–water partition coefficient (Wildman–Crippen LogP) is 6.35. The topological polar surface area (TPSA) is 61.4 Å². The van der Waals surface area contributed by atoms with Crippen LogP contribution in [0.2, 0.25) is 0 Å². The largest absolute Gasteiger partial charge is 0.478 e. The van der Waals surface area contributed by atoms with Gasteiger partial charge in [0.25, 0.3) is 0 Å². The van der Waals surface area contributed by atoms with Crippen molar-refractivity contribution in [2.45, 2.75) is 70.6 Å². The summed E-state index contributed by atoms with van der Waals surface area (Å²) >= 11 is 0. The maximum Gasteiger partial charge on any atom is 0.335 e. The van der Waals surface area contributed by atoms with Crippen molar-refractivity contribution in [3.8, 4) is 0 Å². The van der Waals surface area contributed by atoms with Crippen LogP contribution in [0.25, 0.3) is 6.08 Å². The second-order valence-electron chi connectivity index (χ2n) is 9.76. The molecule has 2 aromatic carbocycles. The highest BCUT2D eigenvalue weighted by molar-refractivity contribution is 5.87. The molecule has 2 fully saturated rings. The van der Waals surface area contributed by atoms with Gasteiger partial charge in [-0.1, -0.05) is 68.0 Å². The van der Waals surface area contributed by atoms with Gasteiger partial charge in [0.05, 0.1) is 5.56 Å². The first kappa shape index (κ1) is 28.4. The summed E-state index contributed by atoms with van der Waals surface area (Å²) in [6.45, 7) is 5.43. The summed E-state index contributed by atoms with van der Waals surface area (Å²) in [5, 5.41) is 16.6. The maximum absolute atomic E-state index is 11.0. The lowest BCUT2D eigenvalue weighted by Crippen LogP contribution is -2.41. The number of halogens is 2. The van der Waals surface area contributed by atoms with E-state index in [0.717, 1.165) is 12.1 Å². The zero-order valence-electron chi connectivity index (χ0n) is 20.1. The summed E-state index contributed by atoms with van der Waals surface area (Å²) in [5.41, 5.74) is 4.38. The van der Waals surface area contributed by atoms with Crippen molar-refractivity contribution in [2.75, 3.05) is 0 Å². The van der Waals surface area contributed by atoms with Gasteiger partial charge in [-0.05, 0) is 67.2 Å². The van der Waals surface area contributed by atoms with Crippen molar-refractivity contribution in [3.63, 3.8) is 0 Å². The molecular weight excluding hydrogens is 467 g/mol. The third-order valence-electron chi connectivity index (χ3n) is 6.99. The molecule has 4 nitrogen and oxygen atoms in total. The first-order valence-electron chi connectivity index (χ1n) is 12.1. The van der Waals surface area contributed by atoms with E-state index in [2.05, 4.69) is 60.9 Å². The van der Waals surface area contributed by atoms with Crippen molar-refractivity contribution in [1.82, 2.24) is 10.6 Å². The van der Waals surface area contributed by atoms with Gasteiger partial charge in [-0.15, -0.1) is 24.8 Å². The number of hydrogen-bond acceptors (Lipinski definition) is 3. The van der Waals surface area contributed by atoms with Crippen LogP contribution in [0.15, 0.2) is 60.2 Å². The Morgan fingerprint density at radius 1 is 0.971 bits per heavy atom. The number of rotatable bonds is 9. The number of carboxylic acid groups (broad SMARTS) is 1. The van der Waals surface area contributed by atoms with Crippen molar-refractivity contribution in [1.29, 1.82) is 0 Å². The molecule has 0 spiro atoms. The van der Waals surface area contributed by atoms with Gasteiger partial charge < -0.3 is 15.7 Å². The molecule has 0 amide bonds. The molecule has 0 saturated heterocycles. The fraction of sp³-hybridized carbons (Fsp3) is 0.464. The lowest BCUT2D eigenvalue weighted by atomic mass is 9.90. The van der Waals surface area contributed by atoms with Gasteiger partial charge >= 0.3 is 5.97 Å². The van der Waals surface area contributed by atoms with Crippen molar-refractivity contribution >= 4 is 36.9 Å². The molecule has 0 aliphatic heterocycles. The lowest BCUT2D eigenvalue weighted by molar-refractivity contribution is 0.0697. The third kappa shape index (κ3) is 7.84. The van der Waals surface area contributed by atoms with Gasteiger partial charge in [0, 0.05) is 24.7 Å². The molecular formula is C28H38Cl2N2O2. The highest BCUT2D eigenvalue weighted by Gasteiger charge is 2.41. The average Bonchev–Trinajstić information content (AvgIpc) is 3.56. The molecule has 6 heteroatoms. The average molecular weight is 506 g/mol. The molecule has 34 heavy (non-hydrogen) atoms.